The SMILES string of the molecule is CC(C)(C)OC(=O)N1CCOCC2(C1)NC(=O)NC2=O. The fraction of sp³-hybridized carbons (Fsp3) is 0.750. The lowest BCUT2D eigenvalue weighted by Crippen LogP contribution is -2.58. The first kappa shape index (κ1) is 14.6. The summed E-state index contributed by atoms with van der Waals surface area (Å²) >= 11 is 0. The number of urea groups is 1. The predicted molar refractivity (Wildman–Crippen MR) is 68.0 cm³/mol. The summed E-state index contributed by atoms with van der Waals surface area (Å²) in [7, 11) is 0. The average molecular weight is 285 g/mol. The van der Waals surface area contributed by atoms with Crippen LogP contribution in [-0.2, 0) is 14.3 Å². The minimum Gasteiger partial charge on any atom is -0.444 e. The average Bonchev–Trinajstić information content (AvgIpc) is 2.48. The van der Waals surface area contributed by atoms with E-state index in [0.29, 0.717) is 6.54 Å². The molecule has 2 saturated heterocycles. The van der Waals surface area contributed by atoms with E-state index in [0.717, 1.165) is 0 Å². The van der Waals surface area contributed by atoms with Crippen LogP contribution in [0.5, 0.6) is 0 Å². The molecule has 2 aliphatic rings. The van der Waals surface area contributed by atoms with Gasteiger partial charge in [-0.25, -0.2) is 9.59 Å². The van der Waals surface area contributed by atoms with Crippen LogP contribution in [0.2, 0.25) is 0 Å². The monoisotopic (exact) mass is 285 g/mol. The Labute approximate surface area is 116 Å². The Balaban J connectivity index is 2.13. The van der Waals surface area contributed by atoms with Crippen molar-refractivity contribution in [2.45, 2.75) is 31.9 Å². The molecule has 2 N–H and O–H groups in total. The van der Waals surface area contributed by atoms with Gasteiger partial charge < -0.3 is 19.7 Å². The van der Waals surface area contributed by atoms with Gasteiger partial charge in [-0.2, -0.15) is 0 Å². The van der Waals surface area contributed by atoms with Gasteiger partial charge in [0.25, 0.3) is 5.91 Å². The number of ether oxygens (including phenoxy) is 2. The highest BCUT2D eigenvalue weighted by Crippen LogP contribution is 2.19. The Kier molecular flexibility index (Phi) is 3.59. The molecule has 0 aromatic carbocycles. The van der Waals surface area contributed by atoms with E-state index in [-0.39, 0.29) is 19.8 Å². The molecule has 0 aromatic rings. The number of imide groups is 1. The standard InChI is InChI=1S/C12H19N3O5/c1-11(2,3)20-10(18)15-4-5-19-7-12(6-15)8(16)13-9(17)14-12/h4-7H2,1-3H3,(H2,13,14,16,17). The van der Waals surface area contributed by atoms with Gasteiger partial charge in [-0.3, -0.25) is 10.1 Å². The first-order valence-electron chi connectivity index (χ1n) is 6.41. The predicted octanol–water partition coefficient (Wildman–Crippen LogP) is -0.168. The van der Waals surface area contributed by atoms with Gasteiger partial charge in [0.15, 0.2) is 5.54 Å². The summed E-state index contributed by atoms with van der Waals surface area (Å²) in [6.45, 7) is 5.93. The largest absolute Gasteiger partial charge is 0.444 e. The van der Waals surface area contributed by atoms with E-state index in [1.165, 1.54) is 4.90 Å². The summed E-state index contributed by atoms with van der Waals surface area (Å²) < 4.78 is 10.6. The highest BCUT2D eigenvalue weighted by molar-refractivity contribution is 6.07. The summed E-state index contributed by atoms with van der Waals surface area (Å²) in [4.78, 5) is 36.7. The molecule has 0 bridgehead atoms. The number of nitrogens with one attached hydrogen (secondary N) is 2. The topological polar surface area (TPSA) is 97.0 Å². The van der Waals surface area contributed by atoms with Crippen molar-refractivity contribution in [2.24, 2.45) is 0 Å². The van der Waals surface area contributed by atoms with Crippen LogP contribution in [0.25, 0.3) is 0 Å². The number of hydrogen-bond donors (Lipinski definition) is 2. The highest BCUT2D eigenvalue weighted by atomic mass is 16.6. The van der Waals surface area contributed by atoms with E-state index in [9.17, 15) is 14.4 Å². The summed E-state index contributed by atoms with van der Waals surface area (Å²) in [6.07, 6.45) is -0.531. The van der Waals surface area contributed by atoms with Gasteiger partial charge >= 0.3 is 12.1 Å². The molecule has 1 unspecified atom stereocenters. The van der Waals surface area contributed by atoms with Gasteiger partial charge in [0.05, 0.1) is 19.8 Å². The molecular formula is C12H19N3O5. The highest BCUT2D eigenvalue weighted by Gasteiger charge is 2.49. The molecule has 0 aliphatic carbocycles. The van der Waals surface area contributed by atoms with E-state index in [1.807, 2.05) is 0 Å². The first-order chi connectivity index (χ1) is 9.22. The van der Waals surface area contributed by atoms with Gasteiger partial charge in [0.1, 0.15) is 5.60 Å². The van der Waals surface area contributed by atoms with E-state index < -0.39 is 29.2 Å². The quantitative estimate of drug-likeness (QED) is 0.602. The van der Waals surface area contributed by atoms with Crippen molar-refractivity contribution in [1.82, 2.24) is 15.5 Å². The second-order valence-corrected chi connectivity index (χ2v) is 5.94. The third-order valence-electron chi connectivity index (χ3n) is 2.98. The zero-order valence-electron chi connectivity index (χ0n) is 11.8. The second-order valence-electron chi connectivity index (χ2n) is 5.94. The zero-order chi connectivity index (χ0) is 15.0. The molecule has 0 saturated carbocycles. The Hall–Kier alpha value is -1.83. The smallest absolute Gasteiger partial charge is 0.410 e. The first-order valence-corrected chi connectivity index (χ1v) is 6.41. The molecule has 112 valence electrons. The van der Waals surface area contributed by atoms with Crippen molar-refractivity contribution in [1.29, 1.82) is 0 Å². The van der Waals surface area contributed by atoms with Crippen LogP contribution in [0.15, 0.2) is 0 Å². The molecular weight excluding hydrogens is 266 g/mol. The maximum Gasteiger partial charge on any atom is 0.410 e. The number of amides is 4. The van der Waals surface area contributed by atoms with Crippen molar-refractivity contribution >= 4 is 18.0 Å². The van der Waals surface area contributed by atoms with Crippen LogP contribution in [0, 0.1) is 0 Å². The van der Waals surface area contributed by atoms with E-state index >= 15 is 0 Å². The van der Waals surface area contributed by atoms with Crippen molar-refractivity contribution in [3.05, 3.63) is 0 Å². The zero-order valence-corrected chi connectivity index (χ0v) is 11.8. The molecule has 4 amide bonds. The Morgan fingerprint density at radius 1 is 1.40 bits per heavy atom. The Bertz CT molecular complexity index is 445. The van der Waals surface area contributed by atoms with Crippen LogP contribution < -0.4 is 10.6 Å². The Morgan fingerprint density at radius 2 is 2.10 bits per heavy atom. The molecule has 1 spiro atoms. The third kappa shape index (κ3) is 3.01. The van der Waals surface area contributed by atoms with Crippen molar-refractivity contribution < 1.29 is 23.9 Å². The van der Waals surface area contributed by atoms with Crippen LogP contribution in [-0.4, -0.2) is 60.4 Å². The Morgan fingerprint density at radius 3 is 2.65 bits per heavy atom. The van der Waals surface area contributed by atoms with Crippen molar-refractivity contribution in [2.75, 3.05) is 26.3 Å². The van der Waals surface area contributed by atoms with Crippen LogP contribution in [0.4, 0.5) is 9.59 Å². The summed E-state index contributed by atoms with van der Waals surface area (Å²) in [5.41, 5.74) is -1.86. The van der Waals surface area contributed by atoms with Crippen molar-refractivity contribution in [3.63, 3.8) is 0 Å². The molecule has 8 heteroatoms. The molecule has 0 aromatic heterocycles. The third-order valence-corrected chi connectivity index (χ3v) is 2.98. The van der Waals surface area contributed by atoms with E-state index in [4.69, 9.17) is 9.47 Å². The minimum absolute atomic E-state index is 0.0273. The lowest BCUT2D eigenvalue weighted by atomic mass is 10.0. The molecule has 2 fully saturated rings. The molecule has 0 radical (unpaired) electrons. The van der Waals surface area contributed by atoms with Gasteiger partial charge in [-0.1, -0.05) is 0 Å². The lowest BCUT2D eigenvalue weighted by molar-refractivity contribution is -0.125. The molecule has 20 heavy (non-hydrogen) atoms. The fourth-order valence-electron chi connectivity index (χ4n) is 2.10. The minimum atomic E-state index is -1.23. The molecule has 1 atom stereocenters. The summed E-state index contributed by atoms with van der Waals surface area (Å²) in [6, 6.07) is -0.579. The summed E-state index contributed by atoms with van der Waals surface area (Å²) in [5, 5.41) is 4.70. The van der Waals surface area contributed by atoms with Crippen LogP contribution >= 0.6 is 0 Å². The molecule has 2 aliphatic heterocycles. The van der Waals surface area contributed by atoms with E-state index in [2.05, 4.69) is 10.6 Å². The van der Waals surface area contributed by atoms with Crippen molar-refractivity contribution in [3.8, 4) is 0 Å². The van der Waals surface area contributed by atoms with Gasteiger partial charge in [0.2, 0.25) is 0 Å². The number of hydrogen-bond acceptors (Lipinski definition) is 5. The molecule has 2 heterocycles. The van der Waals surface area contributed by atoms with Crippen LogP contribution in [0.1, 0.15) is 20.8 Å². The van der Waals surface area contributed by atoms with Gasteiger partial charge in [-0.15, -0.1) is 0 Å². The van der Waals surface area contributed by atoms with Gasteiger partial charge in [-0.05, 0) is 20.8 Å². The molecule has 8 nitrogen and oxygen atoms in total. The number of carbonyl (C=O) groups excluding carboxylic acids is 3. The molecule has 2 rings (SSSR count). The fourth-order valence-corrected chi connectivity index (χ4v) is 2.10. The second kappa shape index (κ2) is 4.93. The number of nitrogens with zero attached hydrogens (tertiary/aromatic N) is 1. The summed E-state index contributed by atoms with van der Waals surface area (Å²) in [5.74, 6) is -0.488. The lowest BCUT2D eigenvalue weighted by Gasteiger charge is -2.30. The number of rotatable bonds is 0. The maximum atomic E-state index is 12.1. The van der Waals surface area contributed by atoms with Gasteiger partial charge in [0, 0.05) is 6.54 Å². The number of carbonyl (C=O) groups is 3. The normalized spacial score (nSPS) is 27.1. The van der Waals surface area contributed by atoms with E-state index in [1.54, 1.807) is 20.8 Å². The van der Waals surface area contributed by atoms with Crippen LogP contribution in [0.3, 0.4) is 0 Å². The maximum absolute atomic E-state index is 12.1.